The summed E-state index contributed by atoms with van der Waals surface area (Å²) in [6.07, 6.45) is 0.918. The quantitative estimate of drug-likeness (QED) is 0.886. The van der Waals surface area contributed by atoms with Crippen LogP contribution in [0.5, 0.6) is 0 Å². The lowest BCUT2D eigenvalue weighted by Gasteiger charge is -2.34. The van der Waals surface area contributed by atoms with Crippen LogP contribution in [0.1, 0.15) is 23.7 Å². The maximum Gasteiger partial charge on any atom is 0.254 e. The van der Waals surface area contributed by atoms with Crippen molar-refractivity contribution in [2.75, 3.05) is 39.3 Å². The van der Waals surface area contributed by atoms with Gasteiger partial charge < -0.3 is 10.2 Å². The maximum atomic E-state index is 13.2. The van der Waals surface area contributed by atoms with Crippen LogP contribution in [-0.2, 0) is 4.79 Å². The number of hydrogen-bond acceptors (Lipinski definition) is 3. The maximum absolute atomic E-state index is 13.2. The number of nitrogens with one attached hydrogen (secondary N) is 1. The van der Waals surface area contributed by atoms with Crippen LogP contribution in [0.4, 0.5) is 4.39 Å². The average Bonchev–Trinajstić information content (AvgIpc) is 2.53. The number of piperazine rings is 1. The molecular formula is C16H22FN3O2. The van der Waals surface area contributed by atoms with E-state index in [1.807, 2.05) is 11.8 Å². The van der Waals surface area contributed by atoms with Gasteiger partial charge in [-0.1, -0.05) is 13.0 Å². The van der Waals surface area contributed by atoms with Gasteiger partial charge in [0.25, 0.3) is 5.91 Å². The lowest BCUT2D eigenvalue weighted by atomic mass is 10.1. The van der Waals surface area contributed by atoms with Gasteiger partial charge in [0, 0.05) is 38.3 Å². The summed E-state index contributed by atoms with van der Waals surface area (Å²) in [4.78, 5) is 27.7. The summed E-state index contributed by atoms with van der Waals surface area (Å²) < 4.78 is 13.2. The zero-order valence-electron chi connectivity index (χ0n) is 12.8. The Balaban J connectivity index is 1.82. The summed E-state index contributed by atoms with van der Waals surface area (Å²) in [7, 11) is 0. The van der Waals surface area contributed by atoms with E-state index >= 15 is 0 Å². The number of benzene rings is 1. The molecule has 1 aliphatic heterocycles. The summed E-state index contributed by atoms with van der Waals surface area (Å²) in [5.41, 5.74) is 0.370. The van der Waals surface area contributed by atoms with Crippen LogP contribution in [0.25, 0.3) is 0 Å². The van der Waals surface area contributed by atoms with E-state index in [2.05, 4.69) is 5.32 Å². The van der Waals surface area contributed by atoms with Gasteiger partial charge >= 0.3 is 0 Å². The third-order valence-electron chi connectivity index (χ3n) is 3.67. The highest BCUT2D eigenvalue weighted by molar-refractivity contribution is 5.94. The lowest BCUT2D eigenvalue weighted by Crippen LogP contribution is -2.51. The fourth-order valence-electron chi connectivity index (χ4n) is 2.44. The van der Waals surface area contributed by atoms with Crippen molar-refractivity contribution >= 4 is 11.8 Å². The molecule has 0 atom stereocenters. The van der Waals surface area contributed by atoms with Crippen LogP contribution in [0.2, 0.25) is 0 Å². The minimum Gasteiger partial charge on any atom is -0.355 e. The molecule has 1 aliphatic rings. The van der Waals surface area contributed by atoms with Gasteiger partial charge in [-0.15, -0.1) is 0 Å². The van der Waals surface area contributed by atoms with Gasteiger partial charge in [0.1, 0.15) is 5.82 Å². The number of rotatable bonds is 5. The second kappa shape index (κ2) is 7.89. The Morgan fingerprint density at radius 1 is 1.23 bits per heavy atom. The van der Waals surface area contributed by atoms with Crippen molar-refractivity contribution in [3.05, 3.63) is 35.6 Å². The summed E-state index contributed by atoms with van der Waals surface area (Å²) >= 11 is 0. The van der Waals surface area contributed by atoms with Crippen molar-refractivity contribution in [2.24, 2.45) is 0 Å². The molecule has 0 bridgehead atoms. The zero-order valence-corrected chi connectivity index (χ0v) is 12.8. The molecule has 6 heteroatoms. The van der Waals surface area contributed by atoms with E-state index in [0.29, 0.717) is 44.8 Å². The number of nitrogens with zero attached hydrogens (tertiary/aromatic N) is 2. The Morgan fingerprint density at radius 2 is 1.95 bits per heavy atom. The first-order valence-electron chi connectivity index (χ1n) is 7.64. The van der Waals surface area contributed by atoms with Gasteiger partial charge in [-0.05, 0) is 24.6 Å². The smallest absolute Gasteiger partial charge is 0.254 e. The van der Waals surface area contributed by atoms with E-state index in [1.165, 1.54) is 18.2 Å². The fraction of sp³-hybridized carbons (Fsp3) is 0.500. The van der Waals surface area contributed by atoms with Crippen LogP contribution >= 0.6 is 0 Å². The SMILES string of the molecule is CCCNC(=O)CN1CCN(C(=O)c2cccc(F)c2)CC1. The Hall–Kier alpha value is -1.95. The van der Waals surface area contributed by atoms with E-state index in [0.717, 1.165) is 6.42 Å². The van der Waals surface area contributed by atoms with Gasteiger partial charge in [-0.2, -0.15) is 0 Å². The van der Waals surface area contributed by atoms with Gasteiger partial charge in [0.15, 0.2) is 0 Å². The summed E-state index contributed by atoms with van der Waals surface area (Å²) in [6, 6.07) is 5.74. The number of amides is 2. The van der Waals surface area contributed by atoms with E-state index in [9.17, 15) is 14.0 Å². The predicted molar refractivity (Wildman–Crippen MR) is 82.0 cm³/mol. The van der Waals surface area contributed by atoms with E-state index in [4.69, 9.17) is 0 Å². The van der Waals surface area contributed by atoms with Gasteiger partial charge in [-0.3, -0.25) is 14.5 Å². The minimum absolute atomic E-state index is 0.0201. The van der Waals surface area contributed by atoms with Gasteiger partial charge in [-0.25, -0.2) is 4.39 Å². The molecule has 0 aromatic heterocycles. The third kappa shape index (κ3) is 4.53. The zero-order chi connectivity index (χ0) is 15.9. The molecule has 0 spiro atoms. The second-order valence-corrected chi connectivity index (χ2v) is 5.43. The molecule has 2 amide bonds. The van der Waals surface area contributed by atoms with Crippen molar-refractivity contribution in [3.8, 4) is 0 Å². The molecule has 1 fully saturated rings. The van der Waals surface area contributed by atoms with Crippen LogP contribution in [0, 0.1) is 5.82 Å². The van der Waals surface area contributed by atoms with Crippen molar-refractivity contribution in [3.63, 3.8) is 0 Å². The third-order valence-corrected chi connectivity index (χ3v) is 3.67. The Kier molecular flexibility index (Phi) is 5.89. The molecule has 1 N–H and O–H groups in total. The first kappa shape index (κ1) is 16.4. The highest BCUT2D eigenvalue weighted by Gasteiger charge is 2.23. The Bertz CT molecular complexity index is 528. The molecule has 5 nitrogen and oxygen atoms in total. The van der Waals surface area contributed by atoms with Crippen molar-refractivity contribution in [2.45, 2.75) is 13.3 Å². The molecule has 22 heavy (non-hydrogen) atoms. The van der Waals surface area contributed by atoms with E-state index in [1.54, 1.807) is 11.0 Å². The van der Waals surface area contributed by atoms with Crippen molar-refractivity contribution in [1.29, 1.82) is 0 Å². The predicted octanol–water partition coefficient (Wildman–Crippen LogP) is 1.11. The molecule has 1 aromatic carbocycles. The van der Waals surface area contributed by atoms with Gasteiger partial charge in [0.2, 0.25) is 5.91 Å². The minimum atomic E-state index is -0.405. The van der Waals surface area contributed by atoms with Crippen LogP contribution in [0.3, 0.4) is 0 Å². The average molecular weight is 307 g/mol. The lowest BCUT2D eigenvalue weighted by molar-refractivity contribution is -0.122. The molecule has 0 unspecified atom stereocenters. The summed E-state index contributed by atoms with van der Waals surface area (Å²) in [5.74, 6) is -0.543. The van der Waals surface area contributed by atoms with E-state index in [-0.39, 0.29) is 11.8 Å². The molecular weight excluding hydrogens is 285 g/mol. The monoisotopic (exact) mass is 307 g/mol. The summed E-state index contributed by atoms with van der Waals surface area (Å²) in [6.45, 7) is 5.48. The standard InChI is InChI=1S/C16H22FN3O2/c1-2-6-18-15(21)12-19-7-9-20(10-8-19)16(22)13-4-3-5-14(17)11-13/h3-5,11H,2,6-10,12H2,1H3,(H,18,21). The van der Waals surface area contributed by atoms with Crippen molar-refractivity contribution in [1.82, 2.24) is 15.1 Å². The molecule has 0 saturated carbocycles. The number of hydrogen-bond donors (Lipinski definition) is 1. The van der Waals surface area contributed by atoms with Gasteiger partial charge in [0.05, 0.1) is 6.54 Å². The summed E-state index contributed by atoms with van der Waals surface area (Å²) in [5, 5.41) is 2.84. The number of carbonyl (C=O) groups excluding carboxylic acids is 2. The molecule has 0 aliphatic carbocycles. The number of carbonyl (C=O) groups is 2. The molecule has 1 aromatic rings. The van der Waals surface area contributed by atoms with E-state index < -0.39 is 5.82 Å². The first-order valence-corrected chi connectivity index (χ1v) is 7.64. The van der Waals surface area contributed by atoms with Crippen LogP contribution in [0.15, 0.2) is 24.3 Å². The number of halogens is 1. The Morgan fingerprint density at radius 3 is 2.59 bits per heavy atom. The molecule has 1 heterocycles. The fourth-order valence-corrected chi connectivity index (χ4v) is 2.44. The van der Waals surface area contributed by atoms with Crippen LogP contribution < -0.4 is 5.32 Å². The molecule has 120 valence electrons. The highest BCUT2D eigenvalue weighted by atomic mass is 19.1. The Labute approximate surface area is 130 Å². The molecule has 2 rings (SSSR count). The highest BCUT2D eigenvalue weighted by Crippen LogP contribution is 2.10. The topological polar surface area (TPSA) is 52.7 Å². The molecule has 0 radical (unpaired) electrons. The first-order chi connectivity index (χ1) is 10.6. The second-order valence-electron chi connectivity index (χ2n) is 5.43. The van der Waals surface area contributed by atoms with Crippen LogP contribution in [-0.4, -0.2) is 60.9 Å². The molecule has 1 saturated heterocycles. The largest absolute Gasteiger partial charge is 0.355 e. The van der Waals surface area contributed by atoms with Crippen molar-refractivity contribution < 1.29 is 14.0 Å². The normalized spacial score (nSPS) is 15.6.